The van der Waals surface area contributed by atoms with Crippen LogP contribution in [0.4, 0.5) is 14.9 Å². The number of benzene rings is 1. The van der Waals surface area contributed by atoms with Crippen LogP contribution in [0.5, 0.6) is 0 Å². The van der Waals surface area contributed by atoms with Gasteiger partial charge in [-0.25, -0.2) is 9.18 Å². The zero-order chi connectivity index (χ0) is 18.4. The van der Waals surface area contributed by atoms with Gasteiger partial charge in [-0.05, 0) is 37.6 Å². The number of anilines is 1. The molecule has 2 rings (SSSR count). The van der Waals surface area contributed by atoms with E-state index >= 15 is 0 Å². The first-order valence-electron chi connectivity index (χ1n) is 8.55. The second-order valence-electron chi connectivity index (χ2n) is 6.52. The number of nitrogens with zero attached hydrogens (tertiary/aromatic N) is 1. The van der Waals surface area contributed by atoms with Gasteiger partial charge in [0, 0.05) is 5.69 Å². The summed E-state index contributed by atoms with van der Waals surface area (Å²) in [5.74, 6) is -1.31. The molecule has 0 bridgehead atoms. The number of carbonyl (C=O) groups is 3. The zero-order valence-corrected chi connectivity index (χ0v) is 14.6. The number of halogens is 1. The quantitative estimate of drug-likeness (QED) is 0.559. The summed E-state index contributed by atoms with van der Waals surface area (Å²) in [6.07, 6.45) is 4.56. The van der Waals surface area contributed by atoms with Crippen molar-refractivity contribution in [3.05, 3.63) is 30.1 Å². The number of amides is 4. The van der Waals surface area contributed by atoms with E-state index in [2.05, 4.69) is 17.6 Å². The molecule has 1 heterocycles. The highest BCUT2D eigenvalue weighted by atomic mass is 19.1. The molecule has 1 aliphatic heterocycles. The molecule has 1 atom stereocenters. The Bertz CT molecular complexity index is 647. The monoisotopic (exact) mass is 349 g/mol. The van der Waals surface area contributed by atoms with Crippen molar-refractivity contribution in [2.75, 3.05) is 11.9 Å². The van der Waals surface area contributed by atoms with Crippen molar-refractivity contribution in [1.82, 2.24) is 10.2 Å². The summed E-state index contributed by atoms with van der Waals surface area (Å²) in [5, 5.41) is 5.24. The van der Waals surface area contributed by atoms with Gasteiger partial charge in [0.15, 0.2) is 0 Å². The number of carbonyl (C=O) groups excluding carboxylic acids is 3. The van der Waals surface area contributed by atoms with E-state index in [4.69, 9.17) is 0 Å². The number of hydrogen-bond acceptors (Lipinski definition) is 3. The fourth-order valence-electron chi connectivity index (χ4n) is 2.84. The third kappa shape index (κ3) is 4.78. The smallest absolute Gasteiger partial charge is 0.325 e. The molecule has 1 saturated heterocycles. The molecule has 0 aromatic heterocycles. The second-order valence-corrected chi connectivity index (χ2v) is 6.52. The van der Waals surface area contributed by atoms with Crippen LogP contribution < -0.4 is 10.6 Å². The van der Waals surface area contributed by atoms with Crippen molar-refractivity contribution >= 4 is 23.5 Å². The molecule has 6 nitrogen and oxygen atoms in total. The van der Waals surface area contributed by atoms with Gasteiger partial charge < -0.3 is 10.6 Å². The molecular weight excluding hydrogens is 325 g/mol. The van der Waals surface area contributed by atoms with Crippen molar-refractivity contribution in [3.8, 4) is 0 Å². The maximum Gasteiger partial charge on any atom is 0.325 e. The Hall–Kier alpha value is -2.44. The average Bonchev–Trinajstić information content (AvgIpc) is 2.77. The van der Waals surface area contributed by atoms with E-state index in [-0.39, 0.29) is 12.5 Å². The lowest BCUT2D eigenvalue weighted by Crippen LogP contribution is -2.44. The van der Waals surface area contributed by atoms with Crippen LogP contribution in [0, 0.1) is 5.82 Å². The summed E-state index contributed by atoms with van der Waals surface area (Å²) >= 11 is 0. The van der Waals surface area contributed by atoms with Gasteiger partial charge in [-0.2, -0.15) is 0 Å². The first-order chi connectivity index (χ1) is 11.9. The number of hydrogen-bond donors (Lipinski definition) is 2. The molecule has 25 heavy (non-hydrogen) atoms. The molecule has 136 valence electrons. The maximum atomic E-state index is 12.9. The normalized spacial score (nSPS) is 19.9. The van der Waals surface area contributed by atoms with Crippen LogP contribution in [0.3, 0.4) is 0 Å². The average molecular weight is 349 g/mol. The highest BCUT2D eigenvalue weighted by molar-refractivity contribution is 6.09. The Morgan fingerprint density at radius 1 is 1.20 bits per heavy atom. The minimum Gasteiger partial charge on any atom is -0.325 e. The number of nitrogens with one attached hydrogen (secondary N) is 2. The van der Waals surface area contributed by atoms with Gasteiger partial charge in [0.25, 0.3) is 5.91 Å². The van der Waals surface area contributed by atoms with E-state index in [0.717, 1.165) is 30.6 Å². The van der Waals surface area contributed by atoms with Gasteiger partial charge in [-0.3, -0.25) is 14.5 Å². The predicted molar refractivity (Wildman–Crippen MR) is 92.4 cm³/mol. The summed E-state index contributed by atoms with van der Waals surface area (Å²) in [6.45, 7) is 3.43. The van der Waals surface area contributed by atoms with Crippen LogP contribution in [0.25, 0.3) is 0 Å². The standard InChI is InChI=1S/C18H24FN3O3/c1-3-4-5-6-11-18(2)16(24)22(17(25)21-18)12-15(23)20-14-9-7-13(19)8-10-14/h7-10H,3-6,11-12H2,1-2H3,(H,20,23)(H,21,25). The molecule has 1 fully saturated rings. The minimum absolute atomic E-state index is 0.368. The van der Waals surface area contributed by atoms with Gasteiger partial charge in [-0.1, -0.05) is 32.6 Å². The van der Waals surface area contributed by atoms with Crippen LogP contribution in [-0.2, 0) is 9.59 Å². The SMILES string of the molecule is CCCCCCC1(C)NC(=O)N(CC(=O)Nc2ccc(F)cc2)C1=O. The Morgan fingerprint density at radius 2 is 1.88 bits per heavy atom. The lowest BCUT2D eigenvalue weighted by atomic mass is 9.94. The molecule has 7 heteroatoms. The van der Waals surface area contributed by atoms with E-state index < -0.39 is 23.3 Å². The fraction of sp³-hybridized carbons (Fsp3) is 0.500. The van der Waals surface area contributed by atoms with Crippen LogP contribution in [0.2, 0.25) is 0 Å². The number of imide groups is 1. The van der Waals surface area contributed by atoms with E-state index in [1.807, 2.05) is 0 Å². The molecule has 1 unspecified atom stereocenters. The van der Waals surface area contributed by atoms with Gasteiger partial charge in [0.05, 0.1) is 0 Å². The fourth-order valence-corrected chi connectivity index (χ4v) is 2.84. The van der Waals surface area contributed by atoms with Gasteiger partial charge >= 0.3 is 6.03 Å². The third-order valence-electron chi connectivity index (χ3n) is 4.31. The van der Waals surface area contributed by atoms with E-state index in [9.17, 15) is 18.8 Å². The first kappa shape index (κ1) is 18.9. The third-order valence-corrected chi connectivity index (χ3v) is 4.31. The van der Waals surface area contributed by atoms with Crippen molar-refractivity contribution in [3.63, 3.8) is 0 Å². The van der Waals surface area contributed by atoms with Gasteiger partial charge in [0.2, 0.25) is 5.91 Å². The Morgan fingerprint density at radius 3 is 2.52 bits per heavy atom. The van der Waals surface area contributed by atoms with E-state index in [1.54, 1.807) is 6.92 Å². The second kappa shape index (κ2) is 8.09. The van der Waals surface area contributed by atoms with Crippen molar-refractivity contribution in [1.29, 1.82) is 0 Å². The first-order valence-corrected chi connectivity index (χ1v) is 8.55. The lowest BCUT2D eigenvalue weighted by Gasteiger charge is -2.21. The Balaban J connectivity index is 1.92. The largest absolute Gasteiger partial charge is 0.325 e. The van der Waals surface area contributed by atoms with Gasteiger partial charge in [-0.15, -0.1) is 0 Å². The van der Waals surface area contributed by atoms with Crippen LogP contribution >= 0.6 is 0 Å². The van der Waals surface area contributed by atoms with Crippen LogP contribution in [0.15, 0.2) is 24.3 Å². The topological polar surface area (TPSA) is 78.5 Å². The summed E-state index contributed by atoms with van der Waals surface area (Å²) in [4.78, 5) is 37.6. The molecule has 4 amide bonds. The molecule has 1 aliphatic rings. The molecule has 0 aliphatic carbocycles. The van der Waals surface area contributed by atoms with Crippen LogP contribution in [0.1, 0.15) is 46.0 Å². The molecule has 0 spiro atoms. The minimum atomic E-state index is -0.957. The lowest BCUT2D eigenvalue weighted by molar-refractivity contribution is -0.133. The number of urea groups is 1. The van der Waals surface area contributed by atoms with E-state index in [1.165, 1.54) is 24.3 Å². The van der Waals surface area contributed by atoms with E-state index in [0.29, 0.717) is 12.1 Å². The zero-order valence-electron chi connectivity index (χ0n) is 14.6. The van der Waals surface area contributed by atoms with Crippen molar-refractivity contribution in [2.45, 2.75) is 51.5 Å². The molecule has 1 aromatic rings. The summed E-state index contributed by atoms with van der Waals surface area (Å²) in [5.41, 5.74) is -0.554. The molecular formula is C18H24FN3O3. The Kier molecular flexibility index (Phi) is 6.12. The van der Waals surface area contributed by atoms with Crippen molar-refractivity contribution < 1.29 is 18.8 Å². The Labute approximate surface area is 146 Å². The van der Waals surface area contributed by atoms with Crippen molar-refractivity contribution in [2.24, 2.45) is 0 Å². The summed E-state index contributed by atoms with van der Waals surface area (Å²) in [7, 11) is 0. The summed E-state index contributed by atoms with van der Waals surface area (Å²) in [6, 6.07) is 4.71. The molecule has 0 radical (unpaired) electrons. The van der Waals surface area contributed by atoms with Crippen LogP contribution in [-0.4, -0.2) is 34.8 Å². The number of rotatable bonds is 8. The highest BCUT2D eigenvalue weighted by Gasteiger charge is 2.47. The predicted octanol–water partition coefficient (Wildman–Crippen LogP) is 3.05. The molecule has 0 saturated carbocycles. The summed E-state index contributed by atoms with van der Waals surface area (Å²) < 4.78 is 12.9. The molecule has 2 N–H and O–H groups in total. The number of unbranched alkanes of at least 4 members (excludes halogenated alkanes) is 3. The maximum absolute atomic E-state index is 12.9. The molecule has 1 aromatic carbocycles. The highest BCUT2D eigenvalue weighted by Crippen LogP contribution is 2.24. The van der Waals surface area contributed by atoms with Gasteiger partial charge in [0.1, 0.15) is 17.9 Å².